The molecule has 3 aromatic heterocycles. The topological polar surface area (TPSA) is 41.9 Å². The van der Waals surface area contributed by atoms with Crippen molar-refractivity contribution in [2.45, 2.75) is 49.5 Å². The quantitative estimate of drug-likeness (QED) is 0.440. The summed E-state index contributed by atoms with van der Waals surface area (Å²) in [4.78, 5) is 13.7. The van der Waals surface area contributed by atoms with E-state index in [-0.39, 0.29) is 14.1 Å². The van der Waals surface area contributed by atoms with Crippen LogP contribution in [0.15, 0.2) is 91.8 Å². The van der Waals surface area contributed by atoms with Gasteiger partial charge in [-0.25, -0.2) is 0 Å². The molecular formula is C26H41AlN4. The Balaban J connectivity index is 0.000000363. The zero-order chi connectivity index (χ0) is 22.8. The Morgan fingerprint density at radius 3 is 0.903 bits per heavy atom. The van der Waals surface area contributed by atoms with E-state index in [0.29, 0.717) is 0 Å². The van der Waals surface area contributed by atoms with Crippen molar-refractivity contribution < 1.29 is 0 Å². The van der Waals surface area contributed by atoms with Gasteiger partial charge >= 0.3 is 0 Å². The normalized spacial score (nSPS) is 11.6. The summed E-state index contributed by atoms with van der Waals surface area (Å²) in [5, 5.41) is 4.48. The number of aromatic nitrogens is 3. The molecule has 4 nitrogen and oxygen atoms in total. The monoisotopic (exact) mass is 436 g/mol. The molecule has 0 unspecified atom stereocenters. The van der Waals surface area contributed by atoms with E-state index in [2.05, 4.69) is 47.7 Å². The summed E-state index contributed by atoms with van der Waals surface area (Å²) in [7, 11) is 2.17. The van der Waals surface area contributed by atoms with Gasteiger partial charge in [0.25, 0.3) is 14.1 Å². The summed E-state index contributed by atoms with van der Waals surface area (Å²) in [6, 6.07) is 17.1. The fraction of sp³-hybridized carbons (Fsp3) is 0.423. The van der Waals surface area contributed by atoms with E-state index in [1.54, 1.807) is 37.2 Å². The smallest absolute Gasteiger partial charge is 0.261 e. The predicted molar refractivity (Wildman–Crippen MR) is 137 cm³/mol. The van der Waals surface area contributed by atoms with E-state index in [1.165, 1.54) is 41.8 Å². The highest BCUT2D eigenvalue weighted by Gasteiger charge is 2.05. The van der Waals surface area contributed by atoms with Crippen molar-refractivity contribution in [3.63, 3.8) is 0 Å². The SMILES string of the molecule is CN1CCCC1.C[CH2][Al]([CH2]C)[CH2]C.c1ccncc1.c1ccncc1.c1ccncc1. The molecule has 31 heavy (non-hydrogen) atoms. The minimum atomic E-state index is -0.171. The van der Waals surface area contributed by atoms with Gasteiger partial charge < -0.3 is 4.90 Å². The van der Waals surface area contributed by atoms with E-state index < -0.39 is 0 Å². The first kappa shape index (κ1) is 28.9. The first-order valence-electron chi connectivity index (χ1n) is 11.5. The van der Waals surface area contributed by atoms with Gasteiger partial charge in [0.05, 0.1) is 0 Å². The average molecular weight is 437 g/mol. The molecule has 5 heteroatoms. The van der Waals surface area contributed by atoms with Crippen LogP contribution in [0.3, 0.4) is 0 Å². The second-order valence-electron chi connectivity index (χ2n) is 7.17. The van der Waals surface area contributed by atoms with Crippen LogP contribution in [0.5, 0.6) is 0 Å². The molecule has 0 atom stereocenters. The molecule has 0 N–H and O–H groups in total. The van der Waals surface area contributed by atoms with Crippen LogP contribution in [0.2, 0.25) is 15.8 Å². The Labute approximate surface area is 195 Å². The van der Waals surface area contributed by atoms with Crippen LogP contribution >= 0.6 is 0 Å². The summed E-state index contributed by atoms with van der Waals surface area (Å²) in [5.41, 5.74) is 0. The van der Waals surface area contributed by atoms with Gasteiger partial charge in [0.1, 0.15) is 0 Å². The molecule has 1 saturated heterocycles. The number of hydrogen-bond donors (Lipinski definition) is 0. The second kappa shape index (κ2) is 24.2. The maximum absolute atomic E-state index is 3.78. The van der Waals surface area contributed by atoms with Crippen molar-refractivity contribution in [3.05, 3.63) is 91.8 Å². The second-order valence-corrected chi connectivity index (χ2v) is 11.4. The van der Waals surface area contributed by atoms with Crippen LogP contribution in [0, 0.1) is 0 Å². The number of likely N-dealkylation sites (tertiary alicyclic amines) is 1. The highest BCUT2D eigenvalue weighted by Crippen LogP contribution is 2.02. The molecule has 4 rings (SSSR count). The fourth-order valence-electron chi connectivity index (χ4n) is 2.68. The van der Waals surface area contributed by atoms with Crippen molar-refractivity contribution in [1.29, 1.82) is 0 Å². The average Bonchev–Trinajstić information content (AvgIpc) is 3.36. The molecule has 0 spiro atoms. The summed E-state index contributed by atoms with van der Waals surface area (Å²) in [5.74, 6) is 0. The zero-order valence-corrected chi connectivity index (χ0v) is 21.1. The predicted octanol–water partition coefficient (Wildman–Crippen LogP) is 6.50. The van der Waals surface area contributed by atoms with Crippen molar-refractivity contribution in [3.8, 4) is 0 Å². The lowest BCUT2D eigenvalue weighted by Gasteiger charge is -2.01. The largest absolute Gasteiger partial charge is 0.306 e. The van der Waals surface area contributed by atoms with Crippen molar-refractivity contribution in [2.24, 2.45) is 0 Å². The van der Waals surface area contributed by atoms with Gasteiger partial charge in [0.2, 0.25) is 0 Å². The van der Waals surface area contributed by atoms with E-state index in [0.717, 1.165) is 0 Å². The summed E-state index contributed by atoms with van der Waals surface area (Å²) in [6.45, 7) is 9.61. The molecule has 168 valence electrons. The minimum absolute atomic E-state index is 0.171. The Morgan fingerprint density at radius 1 is 0.548 bits per heavy atom. The third-order valence-corrected chi connectivity index (χ3v) is 8.23. The first-order chi connectivity index (χ1) is 15.2. The van der Waals surface area contributed by atoms with E-state index >= 15 is 0 Å². The summed E-state index contributed by atoms with van der Waals surface area (Å²) < 4.78 is 0. The molecule has 0 aromatic carbocycles. The van der Waals surface area contributed by atoms with Gasteiger partial charge in [-0.1, -0.05) is 54.8 Å². The van der Waals surface area contributed by atoms with Crippen molar-refractivity contribution >= 4 is 14.1 Å². The lowest BCUT2D eigenvalue weighted by Crippen LogP contribution is -2.10. The zero-order valence-electron chi connectivity index (χ0n) is 20.0. The maximum Gasteiger partial charge on any atom is 0.261 e. The lowest BCUT2D eigenvalue weighted by atomic mass is 10.4. The standard InChI is InChI=1S/C5H11N.3C5H5N.3C2H5.Al/c1-6-4-2-3-5-6;3*1-2-4-6-5-3-1;3*1-2;/h2-5H2,1H3;3*1-5H;3*1H2,2H3;. The molecule has 4 heterocycles. The summed E-state index contributed by atoms with van der Waals surface area (Å²) >= 11 is -0.171. The van der Waals surface area contributed by atoms with E-state index in [4.69, 9.17) is 0 Å². The molecule has 1 aliphatic heterocycles. The minimum Gasteiger partial charge on any atom is -0.306 e. The van der Waals surface area contributed by atoms with Crippen LogP contribution in [-0.4, -0.2) is 54.1 Å². The lowest BCUT2D eigenvalue weighted by molar-refractivity contribution is 0.418. The van der Waals surface area contributed by atoms with Crippen molar-refractivity contribution in [2.75, 3.05) is 20.1 Å². The van der Waals surface area contributed by atoms with Crippen LogP contribution in [0.4, 0.5) is 0 Å². The Hall–Kier alpha value is -2.06. The van der Waals surface area contributed by atoms with Gasteiger partial charge in [-0.15, -0.1) is 0 Å². The molecule has 0 saturated carbocycles. The van der Waals surface area contributed by atoms with Crippen LogP contribution in [0.1, 0.15) is 33.6 Å². The third-order valence-electron chi connectivity index (χ3n) is 4.76. The molecule has 0 aliphatic carbocycles. The molecule has 3 aromatic rings. The Bertz CT molecular complexity index is 486. The first-order valence-corrected chi connectivity index (χ1v) is 13.9. The number of hydrogen-bond acceptors (Lipinski definition) is 4. The highest BCUT2D eigenvalue weighted by atomic mass is 27.2. The molecular weight excluding hydrogens is 395 g/mol. The fourth-order valence-corrected chi connectivity index (χ4v) is 4.41. The van der Waals surface area contributed by atoms with Gasteiger partial charge in [-0.3, -0.25) is 15.0 Å². The third kappa shape index (κ3) is 22.4. The van der Waals surface area contributed by atoms with Gasteiger partial charge in [0.15, 0.2) is 0 Å². The van der Waals surface area contributed by atoms with Gasteiger partial charge in [0, 0.05) is 37.2 Å². The van der Waals surface area contributed by atoms with Gasteiger partial charge in [-0.2, -0.15) is 0 Å². The highest BCUT2D eigenvalue weighted by molar-refractivity contribution is 6.58. The van der Waals surface area contributed by atoms with Gasteiger partial charge in [-0.05, 0) is 69.4 Å². The number of rotatable bonds is 3. The van der Waals surface area contributed by atoms with E-state index in [9.17, 15) is 0 Å². The molecule has 1 aliphatic rings. The van der Waals surface area contributed by atoms with E-state index in [1.807, 2.05) is 54.6 Å². The van der Waals surface area contributed by atoms with Crippen molar-refractivity contribution in [1.82, 2.24) is 19.9 Å². The number of pyridine rings is 3. The molecule has 0 radical (unpaired) electrons. The molecule has 0 bridgehead atoms. The van der Waals surface area contributed by atoms with Crippen LogP contribution < -0.4 is 0 Å². The Morgan fingerprint density at radius 2 is 0.839 bits per heavy atom. The van der Waals surface area contributed by atoms with Crippen LogP contribution in [-0.2, 0) is 0 Å². The maximum atomic E-state index is 3.78. The molecule has 1 fully saturated rings. The number of nitrogens with zero attached hydrogens (tertiary/aromatic N) is 4. The summed E-state index contributed by atoms with van der Waals surface area (Å²) in [6.07, 6.45) is 13.3. The molecule has 0 amide bonds. The Kier molecular flexibility index (Phi) is 22.6. The van der Waals surface area contributed by atoms with Crippen LogP contribution in [0.25, 0.3) is 0 Å².